The van der Waals surface area contributed by atoms with Crippen molar-refractivity contribution in [3.63, 3.8) is 0 Å². The van der Waals surface area contributed by atoms with Gasteiger partial charge in [-0.3, -0.25) is 9.59 Å². The van der Waals surface area contributed by atoms with Crippen molar-refractivity contribution in [1.82, 2.24) is 14.9 Å². The summed E-state index contributed by atoms with van der Waals surface area (Å²) in [5, 5.41) is 3.76. The van der Waals surface area contributed by atoms with Crippen LogP contribution in [0.1, 0.15) is 15.9 Å². The second kappa shape index (κ2) is 9.84. The van der Waals surface area contributed by atoms with Gasteiger partial charge in [-0.05, 0) is 42.3 Å². The monoisotopic (exact) mass is 479 g/mol. The summed E-state index contributed by atoms with van der Waals surface area (Å²) < 4.78 is 11.5. The molecule has 3 aromatic carbocycles. The number of nitrogens with zero attached hydrogens (tertiary/aromatic N) is 1. The van der Waals surface area contributed by atoms with Crippen molar-refractivity contribution < 1.29 is 14.3 Å². The van der Waals surface area contributed by atoms with Crippen molar-refractivity contribution in [2.45, 2.75) is 6.42 Å². The first-order valence-corrected chi connectivity index (χ1v) is 10.8. The highest BCUT2D eigenvalue weighted by Crippen LogP contribution is 2.24. The van der Waals surface area contributed by atoms with Gasteiger partial charge in [0, 0.05) is 35.3 Å². The molecule has 8 nitrogen and oxygen atoms in total. The molecular formula is C25H22ClN3O5. The van der Waals surface area contributed by atoms with Crippen LogP contribution in [0, 0.1) is 0 Å². The number of carbonyl (C=O) groups is 1. The minimum atomic E-state index is -0.645. The van der Waals surface area contributed by atoms with Gasteiger partial charge in [-0.2, -0.15) is 0 Å². The van der Waals surface area contributed by atoms with Gasteiger partial charge >= 0.3 is 5.69 Å². The van der Waals surface area contributed by atoms with Gasteiger partial charge in [-0.1, -0.05) is 23.7 Å². The van der Waals surface area contributed by atoms with Crippen LogP contribution in [-0.2, 0) is 6.42 Å². The van der Waals surface area contributed by atoms with E-state index in [0.29, 0.717) is 40.7 Å². The number of ether oxygens (including phenoxy) is 2. The number of benzene rings is 3. The number of methoxy groups -OCH3 is 2. The standard InChI is InChI=1S/C25H22ClN3O5/c1-33-19-12-18(13-20(14-19)34-2)29-24(31)21-8-5-16(11-22(21)28-25(29)32)23(30)27-10-9-15-3-6-17(26)7-4-15/h3-8,11-14H,9-10H2,1-2H3,(H,27,30)(H,28,32). The molecule has 0 bridgehead atoms. The Hall–Kier alpha value is -4.04. The van der Waals surface area contributed by atoms with Gasteiger partial charge < -0.3 is 19.8 Å². The average Bonchev–Trinajstić information content (AvgIpc) is 2.84. The smallest absolute Gasteiger partial charge is 0.333 e. The Labute approximate surface area is 199 Å². The van der Waals surface area contributed by atoms with Crippen LogP contribution >= 0.6 is 11.6 Å². The van der Waals surface area contributed by atoms with Gasteiger partial charge in [-0.15, -0.1) is 0 Å². The minimum Gasteiger partial charge on any atom is -0.497 e. The van der Waals surface area contributed by atoms with Crippen molar-refractivity contribution in [1.29, 1.82) is 0 Å². The molecule has 0 aliphatic heterocycles. The highest BCUT2D eigenvalue weighted by Gasteiger charge is 2.14. The van der Waals surface area contributed by atoms with Gasteiger partial charge in [0.05, 0.1) is 30.8 Å². The fourth-order valence-corrected chi connectivity index (χ4v) is 3.71. The third-order valence-electron chi connectivity index (χ3n) is 5.37. The molecule has 1 aromatic heterocycles. The van der Waals surface area contributed by atoms with E-state index in [1.165, 1.54) is 26.4 Å². The Morgan fingerprint density at radius 1 is 0.971 bits per heavy atom. The fraction of sp³-hybridized carbons (Fsp3) is 0.160. The highest BCUT2D eigenvalue weighted by atomic mass is 35.5. The minimum absolute atomic E-state index is 0.263. The summed E-state index contributed by atoms with van der Waals surface area (Å²) in [5.41, 5.74) is 0.776. The number of aromatic nitrogens is 2. The quantitative estimate of drug-likeness (QED) is 0.423. The summed E-state index contributed by atoms with van der Waals surface area (Å²) in [4.78, 5) is 41.2. The summed E-state index contributed by atoms with van der Waals surface area (Å²) in [5.74, 6) is 0.566. The number of nitrogens with one attached hydrogen (secondary N) is 2. The van der Waals surface area contributed by atoms with Crippen LogP contribution in [0.4, 0.5) is 0 Å². The first-order chi connectivity index (χ1) is 16.4. The lowest BCUT2D eigenvalue weighted by Crippen LogP contribution is -2.34. The van der Waals surface area contributed by atoms with Crippen LogP contribution in [0.15, 0.2) is 70.3 Å². The molecule has 0 atom stereocenters. The average molecular weight is 480 g/mol. The molecule has 4 aromatic rings. The van der Waals surface area contributed by atoms with Crippen molar-refractivity contribution in [2.75, 3.05) is 20.8 Å². The molecule has 2 N–H and O–H groups in total. The molecule has 0 spiro atoms. The Kier molecular flexibility index (Phi) is 6.70. The number of amides is 1. The largest absolute Gasteiger partial charge is 0.497 e. The molecule has 174 valence electrons. The Morgan fingerprint density at radius 3 is 2.29 bits per heavy atom. The lowest BCUT2D eigenvalue weighted by Gasteiger charge is -2.11. The molecular weight excluding hydrogens is 458 g/mol. The first-order valence-electron chi connectivity index (χ1n) is 10.4. The van der Waals surface area contributed by atoms with Gasteiger partial charge in [0.15, 0.2) is 0 Å². The van der Waals surface area contributed by atoms with Gasteiger partial charge in [0.25, 0.3) is 11.5 Å². The van der Waals surface area contributed by atoms with E-state index in [9.17, 15) is 14.4 Å². The van der Waals surface area contributed by atoms with E-state index in [4.69, 9.17) is 21.1 Å². The molecule has 0 saturated heterocycles. The maximum absolute atomic E-state index is 13.1. The summed E-state index contributed by atoms with van der Waals surface area (Å²) >= 11 is 5.89. The zero-order chi connectivity index (χ0) is 24.2. The maximum Gasteiger partial charge on any atom is 0.333 e. The normalized spacial score (nSPS) is 10.8. The highest BCUT2D eigenvalue weighted by molar-refractivity contribution is 6.30. The Morgan fingerprint density at radius 2 is 1.65 bits per heavy atom. The van der Waals surface area contributed by atoms with Crippen LogP contribution in [0.2, 0.25) is 5.02 Å². The molecule has 9 heteroatoms. The molecule has 0 fully saturated rings. The lowest BCUT2D eigenvalue weighted by atomic mass is 10.1. The van der Waals surface area contributed by atoms with Crippen molar-refractivity contribution in [3.8, 4) is 17.2 Å². The van der Waals surface area contributed by atoms with Crippen LogP contribution in [-0.4, -0.2) is 36.2 Å². The second-order valence-electron chi connectivity index (χ2n) is 7.53. The topological polar surface area (TPSA) is 102 Å². The van der Waals surface area contributed by atoms with E-state index in [-0.39, 0.29) is 16.8 Å². The number of fused-ring (bicyclic) bond motifs is 1. The third kappa shape index (κ3) is 4.82. The Balaban J connectivity index is 1.60. The number of aromatic amines is 1. The van der Waals surface area contributed by atoms with E-state index in [1.807, 2.05) is 12.1 Å². The predicted molar refractivity (Wildman–Crippen MR) is 131 cm³/mol. The lowest BCUT2D eigenvalue weighted by molar-refractivity contribution is 0.0954. The third-order valence-corrected chi connectivity index (χ3v) is 5.62. The maximum atomic E-state index is 13.1. The molecule has 1 heterocycles. The van der Waals surface area contributed by atoms with Gasteiger partial charge in [-0.25, -0.2) is 9.36 Å². The second-order valence-corrected chi connectivity index (χ2v) is 7.97. The molecule has 4 rings (SSSR count). The van der Waals surface area contributed by atoms with E-state index in [2.05, 4.69) is 10.3 Å². The molecule has 0 aliphatic rings. The van der Waals surface area contributed by atoms with Crippen molar-refractivity contribution >= 4 is 28.4 Å². The van der Waals surface area contributed by atoms with Crippen LogP contribution in [0.5, 0.6) is 11.5 Å². The number of carbonyl (C=O) groups excluding carboxylic acids is 1. The number of H-pyrrole nitrogens is 1. The Bertz CT molecular complexity index is 1450. The number of hydrogen-bond acceptors (Lipinski definition) is 5. The zero-order valence-electron chi connectivity index (χ0n) is 18.6. The summed E-state index contributed by atoms with van der Waals surface area (Å²) in [6.07, 6.45) is 0.641. The SMILES string of the molecule is COc1cc(OC)cc(-n2c(=O)[nH]c3cc(C(=O)NCCc4ccc(Cl)cc4)ccc3c2=O)c1. The molecule has 0 saturated carbocycles. The summed E-state index contributed by atoms with van der Waals surface area (Å²) in [6.45, 7) is 0.425. The van der Waals surface area contributed by atoms with Gasteiger partial charge in [0.1, 0.15) is 11.5 Å². The predicted octanol–water partition coefficient (Wildman–Crippen LogP) is 3.32. The first kappa shape index (κ1) is 23.1. The molecule has 0 unspecified atom stereocenters. The summed E-state index contributed by atoms with van der Waals surface area (Å²) in [7, 11) is 2.96. The van der Waals surface area contributed by atoms with Crippen molar-refractivity contribution in [3.05, 3.63) is 97.7 Å². The van der Waals surface area contributed by atoms with Crippen LogP contribution in [0.3, 0.4) is 0 Å². The number of halogens is 1. The van der Waals surface area contributed by atoms with Crippen LogP contribution in [0.25, 0.3) is 16.6 Å². The number of rotatable bonds is 7. The van der Waals surface area contributed by atoms with Crippen LogP contribution < -0.4 is 26.0 Å². The van der Waals surface area contributed by atoms with E-state index in [1.54, 1.807) is 36.4 Å². The van der Waals surface area contributed by atoms with E-state index < -0.39 is 11.2 Å². The molecule has 0 radical (unpaired) electrons. The van der Waals surface area contributed by atoms with Gasteiger partial charge in [0.2, 0.25) is 0 Å². The van der Waals surface area contributed by atoms with E-state index in [0.717, 1.165) is 10.1 Å². The van der Waals surface area contributed by atoms with E-state index >= 15 is 0 Å². The van der Waals surface area contributed by atoms with Crippen molar-refractivity contribution in [2.24, 2.45) is 0 Å². The zero-order valence-corrected chi connectivity index (χ0v) is 19.3. The fourth-order valence-electron chi connectivity index (χ4n) is 3.59. The number of hydrogen-bond donors (Lipinski definition) is 2. The molecule has 34 heavy (non-hydrogen) atoms. The summed E-state index contributed by atoms with van der Waals surface area (Å²) in [6, 6.07) is 16.7. The molecule has 0 aliphatic carbocycles. The molecule has 1 amide bonds.